The van der Waals surface area contributed by atoms with Gasteiger partial charge < -0.3 is 9.75 Å². The molecule has 0 bridgehead atoms. The molecule has 0 spiro atoms. The average molecular weight is 234 g/mol. The standard InChI is InChI=1S/C11H10N2O3.CH4/c1-13(2)12-6-7-4-3-5-8-9(7)11(15)16-10(8)14;/h3-6H,1-2H3;1H4/b12-6+;. The van der Waals surface area contributed by atoms with E-state index in [9.17, 15) is 9.59 Å². The van der Waals surface area contributed by atoms with Crippen LogP contribution in [-0.4, -0.2) is 37.3 Å². The maximum absolute atomic E-state index is 11.4. The molecule has 5 nitrogen and oxygen atoms in total. The highest BCUT2D eigenvalue weighted by Gasteiger charge is 2.31. The van der Waals surface area contributed by atoms with Gasteiger partial charge in [-0.15, -0.1) is 0 Å². The molecule has 5 heteroatoms. The first-order valence-electron chi connectivity index (χ1n) is 4.70. The Morgan fingerprint density at radius 2 is 1.94 bits per heavy atom. The Morgan fingerprint density at radius 1 is 1.24 bits per heavy atom. The van der Waals surface area contributed by atoms with E-state index in [-0.39, 0.29) is 13.0 Å². The van der Waals surface area contributed by atoms with Crippen LogP contribution in [0.4, 0.5) is 0 Å². The third kappa shape index (κ3) is 2.33. The molecule has 0 amide bonds. The number of rotatable bonds is 2. The Morgan fingerprint density at radius 3 is 2.59 bits per heavy atom. The van der Waals surface area contributed by atoms with E-state index in [1.165, 1.54) is 6.21 Å². The van der Waals surface area contributed by atoms with Gasteiger partial charge in [-0.1, -0.05) is 19.6 Å². The summed E-state index contributed by atoms with van der Waals surface area (Å²) in [5.41, 5.74) is 1.17. The summed E-state index contributed by atoms with van der Waals surface area (Å²) >= 11 is 0. The van der Waals surface area contributed by atoms with Crippen molar-refractivity contribution in [3.63, 3.8) is 0 Å². The third-order valence-electron chi connectivity index (χ3n) is 2.13. The Labute approximate surface area is 99.7 Å². The largest absolute Gasteiger partial charge is 0.386 e. The van der Waals surface area contributed by atoms with Gasteiger partial charge in [0, 0.05) is 19.7 Å². The molecule has 2 rings (SSSR count). The molecule has 0 fully saturated rings. The van der Waals surface area contributed by atoms with Gasteiger partial charge in [0.2, 0.25) is 0 Å². The van der Waals surface area contributed by atoms with Gasteiger partial charge in [0.15, 0.2) is 0 Å². The first-order chi connectivity index (χ1) is 7.59. The van der Waals surface area contributed by atoms with Crippen molar-refractivity contribution in [2.45, 2.75) is 7.43 Å². The predicted octanol–water partition coefficient (Wildman–Crippen LogP) is 1.53. The molecule has 1 aliphatic rings. The van der Waals surface area contributed by atoms with Crippen LogP contribution in [0.2, 0.25) is 0 Å². The number of hydrogen-bond donors (Lipinski definition) is 0. The van der Waals surface area contributed by atoms with Gasteiger partial charge in [-0.25, -0.2) is 9.59 Å². The monoisotopic (exact) mass is 234 g/mol. The van der Waals surface area contributed by atoms with E-state index >= 15 is 0 Å². The lowest BCUT2D eigenvalue weighted by Crippen LogP contribution is -2.04. The number of ether oxygens (including phenoxy) is 1. The fourth-order valence-corrected chi connectivity index (χ4v) is 1.44. The van der Waals surface area contributed by atoms with Gasteiger partial charge in [0.25, 0.3) is 0 Å². The molecule has 0 atom stereocenters. The van der Waals surface area contributed by atoms with Crippen LogP contribution in [0.5, 0.6) is 0 Å². The normalized spacial score (nSPS) is 13.3. The predicted molar refractivity (Wildman–Crippen MR) is 64.2 cm³/mol. The number of benzene rings is 1. The molecule has 0 aromatic heterocycles. The molecule has 90 valence electrons. The number of hydrogen-bond acceptors (Lipinski definition) is 5. The fourth-order valence-electron chi connectivity index (χ4n) is 1.44. The van der Waals surface area contributed by atoms with E-state index in [4.69, 9.17) is 0 Å². The van der Waals surface area contributed by atoms with Crippen molar-refractivity contribution in [2.75, 3.05) is 14.1 Å². The zero-order valence-electron chi connectivity index (χ0n) is 8.93. The lowest BCUT2D eigenvalue weighted by atomic mass is 10.0. The number of carbonyl (C=O) groups excluding carboxylic acids is 2. The Hall–Kier alpha value is -2.17. The number of esters is 2. The highest BCUT2D eigenvalue weighted by atomic mass is 16.6. The van der Waals surface area contributed by atoms with E-state index in [2.05, 4.69) is 9.84 Å². The maximum Gasteiger partial charge on any atom is 0.347 e. The molecule has 0 saturated carbocycles. The molecule has 1 heterocycles. The van der Waals surface area contributed by atoms with Crippen molar-refractivity contribution in [3.05, 3.63) is 34.9 Å². The first-order valence-corrected chi connectivity index (χ1v) is 4.70. The summed E-state index contributed by atoms with van der Waals surface area (Å²) in [6, 6.07) is 4.97. The number of carbonyl (C=O) groups is 2. The van der Waals surface area contributed by atoms with E-state index < -0.39 is 11.9 Å². The van der Waals surface area contributed by atoms with Crippen LogP contribution in [0.15, 0.2) is 23.3 Å². The van der Waals surface area contributed by atoms with Crippen molar-refractivity contribution in [1.82, 2.24) is 5.01 Å². The van der Waals surface area contributed by atoms with Gasteiger partial charge in [0.05, 0.1) is 17.3 Å². The van der Waals surface area contributed by atoms with Crippen molar-refractivity contribution < 1.29 is 14.3 Å². The van der Waals surface area contributed by atoms with Crippen LogP contribution in [0.25, 0.3) is 0 Å². The van der Waals surface area contributed by atoms with Gasteiger partial charge in [0.1, 0.15) is 0 Å². The molecule has 0 unspecified atom stereocenters. The van der Waals surface area contributed by atoms with E-state index in [1.54, 1.807) is 37.3 Å². The molecule has 0 radical (unpaired) electrons. The number of cyclic esters (lactones) is 2. The Balaban J connectivity index is 0.00000144. The topological polar surface area (TPSA) is 59.0 Å². The molecule has 1 aromatic carbocycles. The summed E-state index contributed by atoms with van der Waals surface area (Å²) in [5, 5.41) is 5.62. The third-order valence-corrected chi connectivity index (χ3v) is 2.13. The minimum Gasteiger partial charge on any atom is -0.386 e. The summed E-state index contributed by atoms with van der Waals surface area (Å²) in [5.74, 6) is -1.21. The summed E-state index contributed by atoms with van der Waals surface area (Å²) in [4.78, 5) is 22.7. The minimum absolute atomic E-state index is 0. The van der Waals surface area contributed by atoms with Crippen LogP contribution in [-0.2, 0) is 4.74 Å². The zero-order chi connectivity index (χ0) is 11.7. The molecule has 0 aliphatic carbocycles. The van der Waals surface area contributed by atoms with Crippen LogP contribution in [0, 0.1) is 0 Å². The lowest BCUT2D eigenvalue weighted by molar-refractivity contribution is 0.0444. The molecule has 1 aromatic rings. The highest BCUT2D eigenvalue weighted by molar-refractivity contribution is 6.17. The van der Waals surface area contributed by atoms with Gasteiger partial charge >= 0.3 is 11.9 Å². The van der Waals surface area contributed by atoms with E-state index in [0.717, 1.165) is 0 Å². The van der Waals surface area contributed by atoms with Crippen LogP contribution in [0.1, 0.15) is 33.7 Å². The second-order valence-corrected chi connectivity index (χ2v) is 3.54. The molecule has 1 aliphatic heterocycles. The second-order valence-electron chi connectivity index (χ2n) is 3.54. The molecule has 0 N–H and O–H groups in total. The molecule has 17 heavy (non-hydrogen) atoms. The lowest BCUT2D eigenvalue weighted by Gasteiger charge is -2.03. The molecule has 0 saturated heterocycles. The summed E-state index contributed by atoms with van der Waals surface area (Å²) < 4.78 is 4.53. The fraction of sp³-hybridized carbons (Fsp3) is 0.250. The van der Waals surface area contributed by atoms with Crippen LogP contribution in [0.3, 0.4) is 0 Å². The summed E-state index contributed by atoms with van der Waals surface area (Å²) in [6.07, 6.45) is 1.53. The zero-order valence-corrected chi connectivity index (χ0v) is 8.93. The molecular weight excluding hydrogens is 220 g/mol. The minimum atomic E-state index is -0.610. The van der Waals surface area contributed by atoms with Crippen molar-refractivity contribution in [2.24, 2.45) is 5.10 Å². The maximum atomic E-state index is 11.4. The Kier molecular flexibility index (Phi) is 3.62. The van der Waals surface area contributed by atoms with Crippen LogP contribution < -0.4 is 0 Å². The van der Waals surface area contributed by atoms with Crippen LogP contribution >= 0.6 is 0 Å². The smallest absolute Gasteiger partial charge is 0.347 e. The van der Waals surface area contributed by atoms with Gasteiger partial charge in [-0.2, -0.15) is 5.10 Å². The number of hydrazone groups is 1. The quantitative estimate of drug-likeness (QED) is 0.337. The summed E-state index contributed by atoms with van der Waals surface area (Å²) in [6.45, 7) is 0. The average Bonchev–Trinajstić information content (AvgIpc) is 2.52. The van der Waals surface area contributed by atoms with Crippen molar-refractivity contribution in [3.8, 4) is 0 Å². The molecular formula is C12H14N2O3. The van der Waals surface area contributed by atoms with E-state index in [0.29, 0.717) is 11.1 Å². The summed E-state index contributed by atoms with van der Waals surface area (Å²) in [7, 11) is 3.53. The van der Waals surface area contributed by atoms with Crippen molar-refractivity contribution in [1.29, 1.82) is 0 Å². The number of nitrogens with zero attached hydrogens (tertiary/aromatic N) is 2. The highest BCUT2D eigenvalue weighted by Crippen LogP contribution is 2.22. The second kappa shape index (κ2) is 4.78. The first kappa shape index (κ1) is 12.9. The van der Waals surface area contributed by atoms with Gasteiger partial charge in [-0.05, 0) is 6.07 Å². The Bertz CT molecular complexity index is 493. The van der Waals surface area contributed by atoms with Crippen molar-refractivity contribution >= 4 is 18.2 Å². The SMILES string of the molecule is C.CN(C)/N=C/c1cccc2c1C(=O)OC2=O. The van der Waals surface area contributed by atoms with Gasteiger partial charge in [-0.3, -0.25) is 0 Å². The van der Waals surface area contributed by atoms with E-state index in [1.807, 2.05) is 0 Å². The number of fused-ring (bicyclic) bond motifs is 1.